The molecule has 5 nitrogen and oxygen atoms in total. The molecule has 6 unspecified atom stereocenters. The lowest BCUT2D eigenvalue weighted by molar-refractivity contribution is -0.160. The molecule has 2 aliphatic carbocycles. The summed E-state index contributed by atoms with van der Waals surface area (Å²) in [6, 6.07) is 10.3. The third-order valence-electron chi connectivity index (χ3n) is 8.33. The second kappa shape index (κ2) is 7.67. The Balaban J connectivity index is 1.29. The van der Waals surface area contributed by atoms with Crippen LogP contribution >= 0.6 is 11.6 Å². The quantitative estimate of drug-likeness (QED) is 0.530. The summed E-state index contributed by atoms with van der Waals surface area (Å²) in [5.74, 6) is 2.62. The molecule has 4 bridgehead atoms. The van der Waals surface area contributed by atoms with Gasteiger partial charge in [-0.05, 0) is 78.8 Å². The highest BCUT2D eigenvalue weighted by molar-refractivity contribution is 6.29. The Hall–Kier alpha value is -2.24. The maximum atomic E-state index is 13.6. The van der Waals surface area contributed by atoms with Gasteiger partial charge < -0.3 is 19.4 Å². The van der Waals surface area contributed by atoms with Crippen molar-refractivity contribution < 1.29 is 14.3 Å². The van der Waals surface area contributed by atoms with Crippen LogP contribution in [0.4, 0.5) is 0 Å². The van der Waals surface area contributed by atoms with Crippen LogP contribution in [0.1, 0.15) is 50.5 Å². The molecule has 2 N–H and O–H groups in total. The van der Waals surface area contributed by atoms with Crippen molar-refractivity contribution >= 4 is 28.4 Å². The van der Waals surface area contributed by atoms with E-state index in [0.717, 1.165) is 53.0 Å². The summed E-state index contributed by atoms with van der Waals surface area (Å²) >= 11 is 6.03. The first kappa shape index (κ1) is 20.4. The highest BCUT2D eigenvalue weighted by atomic mass is 35.5. The number of hydrogen-bond donors (Lipinski definition) is 2. The number of aliphatic hydroxyl groups is 1. The molecule has 1 amide bonds. The molecule has 0 radical (unpaired) electrons. The van der Waals surface area contributed by atoms with Crippen LogP contribution in [0.15, 0.2) is 40.9 Å². The molecule has 4 fully saturated rings. The number of furan rings is 1. The number of aromatic amines is 1. The molecule has 6 atom stereocenters. The van der Waals surface area contributed by atoms with Gasteiger partial charge in [0.15, 0.2) is 5.22 Å². The average Bonchev–Trinajstić information content (AvgIpc) is 3.39. The monoisotopic (exact) mass is 452 g/mol. The first-order chi connectivity index (χ1) is 15.5. The maximum Gasteiger partial charge on any atom is 0.223 e. The molecule has 4 heterocycles. The lowest BCUT2D eigenvalue weighted by atomic mass is 9.58. The fourth-order valence-corrected chi connectivity index (χ4v) is 7.19. The van der Waals surface area contributed by atoms with Gasteiger partial charge in [-0.15, -0.1) is 0 Å². The van der Waals surface area contributed by atoms with E-state index in [1.807, 2.05) is 24.4 Å². The summed E-state index contributed by atoms with van der Waals surface area (Å²) < 4.78 is 5.70. The van der Waals surface area contributed by atoms with E-state index in [4.69, 9.17) is 16.0 Å². The number of carbonyl (C=O) groups is 1. The van der Waals surface area contributed by atoms with E-state index in [2.05, 4.69) is 22.9 Å². The van der Waals surface area contributed by atoms with Crippen molar-refractivity contribution in [3.8, 4) is 11.3 Å². The Morgan fingerprint density at radius 1 is 1.25 bits per heavy atom. The zero-order chi connectivity index (χ0) is 22.0. The number of rotatable bonds is 5. The zero-order valence-electron chi connectivity index (χ0n) is 18.3. The summed E-state index contributed by atoms with van der Waals surface area (Å²) in [7, 11) is 0. The number of nitrogens with one attached hydrogen (secondary N) is 1. The van der Waals surface area contributed by atoms with E-state index < -0.39 is 0 Å². The number of hydrogen-bond acceptors (Lipinski definition) is 3. The molecule has 3 aromatic rings. The van der Waals surface area contributed by atoms with E-state index in [1.165, 1.54) is 6.42 Å². The lowest BCUT2D eigenvalue weighted by Gasteiger charge is -2.60. The molecule has 4 aliphatic rings. The van der Waals surface area contributed by atoms with E-state index in [-0.39, 0.29) is 30.4 Å². The Morgan fingerprint density at radius 2 is 2.12 bits per heavy atom. The number of fused-ring (bicyclic) bond motifs is 1. The van der Waals surface area contributed by atoms with Crippen molar-refractivity contribution in [3.05, 3.63) is 47.3 Å². The molecule has 2 aliphatic heterocycles. The topological polar surface area (TPSA) is 69.5 Å². The molecule has 6 heteroatoms. The molecule has 168 valence electrons. The minimum absolute atomic E-state index is 0.0626. The molecule has 32 heavy (non-hydrogen) atoms. The van der Waals surface area contributed by atoms with Gasteiger partial charge in [0.2, 0.25) is 5.91 Å². The number of aromatic nitrogens is 1. The molecule has 0 spiro atoms. The van der Waals surface area contributed by atoms with Gasteiger partial charge in [-0.2, -0.15) is 0 Å². The SMILES string of the molecule is CC(CC(=O)N1C2CC3CC(C2)C(CO)C1C3)c1c[nH]c2cccc(-c3ccc(Cl)o3)c12. The summed E-state index contributed by atoms with van der Waals surface area (Å²) in [6.45, 7) is 2.33. The number of carbonyl (C=O) groups excluding carboxylic acids is 1. The third-order valence-corrected chi connectivity index (χ3v) is 8.53. The van der Waals surface area contributed by atoms with Gasteiger partial charge in [-0.1, -0.05) is 19.1 Å². The van der Waals surface area contributed by atoms with Crippen molar-refractivity contribution in [2.75, 3.05) is 6.61 Å². The largest absolute Gasteiger partial charge is 0.445 e. The number of amides is 1. The molecule has 7 rings (SSSR count). The summed E-state index contributed by atoms with van der Waals surface area (Å²) in [5.41, 5.74) is 3.14. The number of benzene rings is 1. The Morgan fingerprint density at radius 3 is 2.91 bits per heavy atom. The predicted molar refractivity (Wildman–Crippen MR) is 124 cm³/mol. The van der Waals surface area contributed by atoms with Gasteiger partial charge in [0.1, 0.15) is 5.76 Å². The third kappa shape index (κ3) is 3.12. The van der Waals surface area contributed by atoms with Gasteiger partial charge in [-0.25, -0.2) is 0 Å². The standard InChI is InChI=1S/C26H29ClN2O3/c1-14(7-25(31)29-17-9-15-8-16(11-17)20(13-30)22(29)10-15)19-12-28-21-4-2-3-18(26(19)21)23-5-6-24(27)32-23/h2-6,12,14-17,20,22,28,30H,7-11,13H2,1H3. The minimum Gasteiger partial charge on any atom is -0.445 e. The molecule has 1 aromatic carbocycles. The van der Waals surface area contributed by atoms with Gasteiger partial charge in [0.05, 0.1) is 0 Å². The van der Waals surface area contributed by atoms with Crippen molar-refractivity contribution in [1.29, 1.82) is 0 Å². The van der Waals surface area contributed by atoms with E-state index >= 15 is 0 Å². The molecule has 2 saturated heterocycles. The number of halogens is 1. The number of H-pyrrole nitrogens is 1. The van der Waals surface area contributed by atoms with Crippen LogP contribution in [0.3, 0.4) is 0 Å². The van der Waals surface area contributed by atoms with Crippen LogP contribution in [-0.4, -0.2) is 39.6 Å². The summed E-state index contributed by atoms with van der Waals surface area (Å²) in [6.07, 6.45) is 7.01. The minimum atomic E-state index is 0.0626. The molecule has 2 aromatic heterocycles. The van der Waals surface area contributed by atoms with Crippen molar-refractivity contribution in [2.24, 2.45) is 17.8 Å². The fourth-order valence-electron chi connectivity index (χ4n) is 7.04. The molecular weight excluding hydrogens is 424 g/mol. The normalized spacial score (nSPS) is 29.7. The summed E-state index contributed by atoms with van der Waals surface area (Å²) in [5, 5.41) is 11.5. The Bertz CT molecular complexity index is 1170. The first-order valence-corrected chi connectivity index (χ1v) is 12.2. The molecule has 2 saturated carbocycles. The van der Waals surface area contributed by atoms with Crippen LogP contribution in [0.2, 0.25) is 5.22 Å². The molecular formula is C26H29ClN2O3. The number of nitrogens with zero attached hydrogens (tertiary/aromatic N) is 1. The van der Waals surface area contributed by atoms with Crippen molar-refractivity contribution in [3.63, 3.8) is 0 Å². The number of aliphatic hydroxyl groups excluding tert-OH is 1. The van der Waals surface area contributed by atoms with Crippen LogP contribution in [0.25, 0.3) is 22.2 Å². The second-order valence-corrected chi connectivity index (χ2v) is 10.5. The Labute approximate surface area is 192 Å². The highest BCUT2D eigenvalue weighted by Gasteiger charge is 2.53. The van der Waals surface area contributed by atoms with E-state index in [0.29, 0.717) is 23.6 Å². The van der Waals surface area contributed by atoms with Gasteiger partial charge >= 0.3 is 0 Å². The average molecular weight is 453 g/mol. The number of piperidine rings is 2. The first-order valence-electron chi connectivity index (χ1n) is 11.8. The van der Waals surface area contributed by atoms with Crippen LogP contribution in [0, 0.1) is 17.8 Å². The lowest BCUT2D eigenvalue weighted by Crippen LogP contribution is -2.64. The van der Waals surface area contributed by atoms with Crippen LogP contribution in [0.5, 0.6) is 0 Å². The second-order valence-electron chi connectivity index (χ2n) is 10.1. The van der Waals surface area contributed by atoms with Crippen LogP contribution in [-0.2, 0) is 4.79 Å². The predicted octanol–water partition coefficient (Wildman–Crippen LogP) is 5.58. The van der Waals surface area contributed by atoms with Crippen molar-refractivity contribution in [1.82, 2.24) is 9.88 Å². The van der Waals surface area contributed by atoms with E-state index in [9.17, 15) is 9.90 Å². The summed E-state index contributed by atoms with van der Waals surface area (Å²) in [4.78, 5) is 19.1. The fraction of sp³-hybridized carbons (Fsp3) is 0.500. The van der Waals surface area contributed by atoms with Gasteiger partial charge in [0.25, 0.3) is 0 Å². The van der Waals surface area contributed by atoms with Crippen LogP contribution < -0.4 is 0 Å². The smallest absolute Gasteiger partial charge is 0.223 e. The maximum absolute atomic E-state index is 13.6. The Kier molecular flexibility index (Phi) is 4.88. The highest BCUT2D eigenvalue weighted by Crippen LogP contribution is 2.52. The van der Waals surface area contributed by atoms with Gasteiger partial charge in [0, 0.05) is 53.7 Å². The van der Waals surface area contributed by atoms with Crippen molar-refractivity contribution in [2.45, 2.75) is 57.0 Å². The van der Waals surface area contributed by atoms with Gasteiger partial charge in [-0.3, -0.25) is 4.79 Å². The van der Waals surface area contributed by atoms with E-state index in [1.54, 1.807) is 6.07 Å². The zero-order valence-corrected chi connectivity index (χ0v) is 19.0.